The van der Waals surface area contributed by atoms with E-state index in [0.717, 1.165) is 18.5 Å². The Morgan fingerprint density at radius 2 is 1.88 bits per heavy atom. The van der Waals surface area contributed by atoms with Crippen LogP contribution in [0.15, 0.2) is 59.7 Å². The van der Waals surface area contributed by atoms with E-state index in [1.807, 2.05) is 36.4 Å². The molecule has 2 aromatic heterocycles. The summed E-state index contributed by atoms with van der Waals surface area (Å²) < 4.78 is 1.71. The van der Waals surface area contributed by atoms with Gasteiger partial charge in [0.15, 0.2) is 0 Å². The molecule has 4 rings (SSSR count). The molecular weight excluding hydrogens is 302 g/mol. The minimum absolute atomic E-state index is 0.0191. The summed E-state index contributed by atoms with van der Waals surface area (Å²) in [5.74, 6) is -0.189. The first kappa shape index (κ1) is 14.6. The standard InChI is InChI=1S/C19H17N3O2/c23-18(21-11-13-5-3-4-10-20-13)17-12-22(14-8-9-14)19(24)16-7-2-1-6-15(16)17/h1-7,10,12,14H,8-9,11H2,(H,21,23). The van der Waals surface area contributed by atoms with Crippen molar-refractivity contribution in [2.24, 2.45) is 0 Å². The molecule has 0 aliphatic heterocycles. The fraction of sp³-hybridized carbons (Fsp3) is 0.211. The fourth-order valence-corrected chi connectivity index (χ4v) is 2.88. The predicted octanol–water partition coefficient (Wildman–Crippen LogP) is 2.66. The molecule has 5 heteroatoms. The largest absolute Gasteiger partial charge is 0.346 e. The molecule has 3 aromatic rings. The van der Waals surface area contributed by atoms with E-state index in [4.69, 9.17) is 0 Å². The third-order valence-electron chi connectivity index (χ3n) is 4.29. The van der Waals surface area contributed by atoms with Gasteiger partial charge < -0.3 is 9.88 Å². The average molecular weight is 319 g/mol. The summed E-state index contributed by atoms with van der Waals surface area (Å²) in [6.45, 7) is 0.358. The number of hydrogen-bond acceptors (Lipinski definition) is 3. The van der Waals surface area contributed by atoms with Crippen LogP contribution in [-0.4, -0.2) is 15.5 Å². The molecule has 1 amide bonds. The Morgan fingerprint density at radius 3 is 2.58 bits per heavy atom. The van der Waals surface area contributed by atoms with Crippen LogP contribution >= 0.6 is 0 Å². The van der Waals surface area contributed by atoms with Gasteiger partial charge >= 0.3 is 0 Å². The minimum atomic E-state index is -0.189. The Hall–Kier alpha value is -2.95. The Balaban J connectivity index is 1.71. The fourth-order valence-electron chi connectivity index (χ4n) is 2.88. The van der Waals surface area contributed by atoms with Gasteiger partial charge in [0.1, 0.15) is 0 Å². The molecule has 0 atom stereocenters. The first-order valence-corrected chi connectivity index (χ1v) is 8.06. The number of fused-ring (bicyclic) bond motifs is 1. The van der Waals surface area contributed by atoms with Gasteiger partial charge in [-0.15, -0.1) is 0 Å². The third-order valence-corrected chi connectivity index (χ3v) is 4.29. The number of hydrogen-bond donors (Lipinski definition) is 1. The molecule has 1 aromatic carbocycles. The van der Waals surface area contributed by atoms with Crippen LogP contribution in [0.2, 0.25) is 0 Å². The average Bonchev–Trinajstić information content (AvgIpc) is 3.46. The normalized spacial score (nSPS) is 13.8. The SMILES string of the molecule is O=C(NCc1ccccn1)c1cn(C2CC2)c(=O)c2ccccc12. The predicted molar refractivity (Wildman–Crippen MR) is 91.9 cm³/mol. The molecule has 0 spiro atoms. The maximum atomic E-state index is 12.7. The summed E-state index contributed by atoms with van der Waals surface area (Å²) >= 11 is 0. The van der Waals surface area contributed by atoms with Crippen LogP contribution in [0, 0.1) is 0 Å². The van der Waals surface area contributed by atoms with Crippen LogP contribution in [0.4, 0.5) is 0 Å². The van der Waals surface area contributed by atoms with Gasteiger partial charge in [0.25, 0.3) is 11.5 Å². The molecular formula is C19H17N3O2. The summed E-state index contributed by atoms with van der Waals surface area (Å²) in [6.07, 6.45) is 5.39. The first-order valence-electron chi connectivity index (χ1n) is 8.06. The van der Waals surface area contributed by atoms with Crippen LogP contribution in [0.1, 0.15) is 34.9 Å². The van der Waals surface area contributed by atoms with Gasteiger partial charge in [-0.25, -0.2) is 0 Å². The summed E-state index contributed by atoms with van der Waals surface area (Å²) in [4.78, 5) is 29.5. The van der Waals surface area contributed by atoms with Crippen molar-refractivity contribution in [1.29, 1.82) is 0 Å². The maximum absolute atomic E-state index is 12.7. The second-order valence-corrected chi connectivity index (χ2v) is 6.04. The van der Waals surface area contributed by atoms with Crippen LogP contribution in [0.25, 0.3) is 10.8 Å². The van der Waals surface area contributed by atoms with Crippen molar-refractivity contribution in [1.82, 2.24) is 14.9 Å². The van der Waals surface area contributed by atoms with Gasteiger partial charge in [0.2, 0.25) is 0 Å². The van der Waals surface area contributed by atoms with Crippen molar-refractivity contribution in [3.8, 4) is 0 Å². The van der Waals surface area contributed by atoms with Crippen LogP contribution in [-0.2, 0) is 6.54 Å². The number of nitrogens with zero attached hydrogens (tertiary/aromatic N) is 2. The van der Waals surface area contributed by atoms with Crippen LogP contribution < -0.4 is 10.9 Å². The van der Waals surface area contributed by atoms with Crippen LogP contribution in [0.3, 0.4) is 0 Å². The lowest BCUT2D eigenvalue weighted by Gasteiger charge is -2.12. The van der Waals surface area contributed by atoms with Gasteiger partial charge in [0, 0.05) is 29.2 Å². The number of nitrogens with one attached hydrogen (secondary N) is 1. The molecule has 0 bridgehead atoms. The Bertz CT molecular complexity index is 959. The van der Waals surface area contributed by atoms with E-state index in [0.29, 0.717) is 22.9 Å². The summed E-state index contributed by atoms with van der Waals surface area (Å²) in [5, 5.41) is 4.18. The van der Waals surface area contributed by atoms with E-state index >= 15 is 0 Å². The number of benzene rings is 1. The number of amides is 1. The van der Waals surface area contributed by atoms with Gasteiger partial charge in [-0.05, 0) is 31.0 Å². The van der Waals surface area contributed by atoms with Gasteiger partial charge in [-0.2, -0.15) is 0 Å². The van der Waals surface area contributed by atoms with Crippen LogP contribution in [0.5, 0.6) is 0 Å². The molecule has 1 aliphatic carbocycles. The first-order chi connectivity index (χ1) is 11.7. The van der Waals surface area contributed by atoms with Crippen molar-refractivity contribution in [2.75, 3.05) is 0 Å². The summed E-state index contributed by atoms with van der Waals surface area (Å²) in [7, 11) is 0. The minimum Gasteiger partial charge on any atom is -0.346 e. The van der Waals surface area contributed by atoms with Crippen molar-refractivity contribution < 1.29 is 4.79 Å². The number of aromatic nitrogens is 2. The highest BCUT2D eigenvalue weighted by molar-refractivity contribution is 6.06. The molecule has 0 radical (unpaired) electrons. The topological polar surface area (TPSA) is 64.0 Å². The van der Waals surface area contributed by atoms with E-state index in [9.17, 15) is 9.59 Å². The van der Waals surface area contributed by atoms with Crippen molar-refractivity contribution in [3.63, 3.8) is 0 Å². The van der Waals surface area contributed by atoms with Crippen molar-refractivity contribution >= 4 is 16.7 Å². The molecule has 1 aliphatic rings. The second-order valence-electron chi connectivity index (χ2n) is 6.04. The highest BCUT2D eigenvalue weighted by Gasteiger charge is 2.26. The van der Waals surface area contributed by atoms with Gasteiger partial charge in [0.05, 0.1) is 17.8 Å². The zero-order valence-electron chi connectivity index (χ0n) is 13.1. The molecule has 1 N–H and O–H groups in total. The van der Waals surface area contributed by atoms with E-state index in [-0.39, 0.29) is 17.5 Å². The van der Waals surface area contributed by atoms with Crippen molar-refractivity contribution in [2.45, 2.75) is 25.4 Å². The van der Waals surface area contributed by atoms with E-state index in [1.165, 1.54) is 0 Å². The summed E-state index contributed by atoms with van der Waals surface area (Å²) in [5.41, 5.74) is 1.31. The number of carbonyl (C=O) groups excluding carboxylic acids is 1. The molecule has 0 unspecified atom stereocenters. The zero-order chi connectivity index (χ0) is 16.5. The van der Waals surface area contributed by atoms with E-state index in [2.05, 4.69) is 10.3 Å². The Morgan fingerprint density at radius 1 is 1.12 bits per heavy atom. The summed E-state index contributed by atoms with van der Waals surface area (Å²) in [6, 6.07) is 13.1. The quantitative estimate of drug-likeness (QED) is 0.804. The Kier molecular flexibility index (Phi) is 3.61. The molecule has 24 heavy (non-hydrogen) atoms. The second kappa shape index (κ2) is 5.92. The maximum Gasteiger partial charge on any atom is 0.258 e. The third kappa shape index (κ3) is 2.69. The number of carbonyl (C=O) groups is 1. The van der Waals surface area contributed by atoms with E-state index < -0.39 is 0 Å². The van der Waals surface area contributed by atoms with Gasteiger partial charge in [-0.1, -0.05) is 24.3 Å². The Labute approximate surface area is 139 Å². The highest BCUT2D eigenvalue weighted by atomic mass is 16.2. The zero-order valence-corrected chi connectivity index (χ0v) is 13.1. The lowest BCUT2D eigenvalue weighted by Crippen LogP contribution is -2.27. The molecule has 5 nitrogen and oxygen atoms in total. The van der Waals surface area contributed by atoms with E-state index in [1.54, 1.807) is 23.0 Å². The lowest BCUT2D eigenvalue weighted by molar-refractivity contribution is 0.0951. The van der Waals surface area contributed by atoms with Gasteiger partial charge in [-0.3, -0.25) is 14.6 Å². The van der Waals surface area contributed by atoms with Crippen molar-refractivity contribution in [3.05, 3.63) is 76.5 Å². The molecule has 2 heterocycles. The molecule has 1 fully saturated rings. The molecule has 120 valence electrons. The number of pyridine rings is 2. The molecule has 0 saturated heterocycles. The monoisotopic (exact) mass is 319 g/mol. The smallest absolute Gasteiger partial charge is 0.258 e. The number of rotatable bonds is 4. The highest BCUT2D eigenvalue weighted by Crippen LogP contribution is 2.34. The molecule has 1 saturated carbocycles. The lowest BCUT2D eigenvalue weighted by atomic mass is 10.1.